The lowest BCUT2D eigenvalue weighted by Crippen LogP contribution is -2.07. The summed E-state index contributed by atoms with van der Waals surface area (Å²) in [5.74, 6) is 0.365. The molecule has 0 spiro atoms. The number of rotatable bonds is 3. The van der Waals surface area contributed by atoms with Gasteiger partial charge in [-0.15, -0.1) is 11.8 Å². The van der Waals surface area contributed by atoms with Crippen molar-refractivity contribution in [1.29, 1.82) is 0 Å². The standard InChI is InChI=1S/C16H17NOS/c1-19-16-5-3-2-4-15(16)17-14-9-6-11-10-12(18)7-8-13(11)14/h2-5,7-8,10,14,17-18H,6,9H2,1H3. The highest BCUT2D eigenvalue weighted by molar-refractivity contribution is 7.98. The molecule has 19 heavy (non-hydrogen) atoms. The van der Waals surface area contributed by atoms with Crippen molar-refractivity contribution in [2.45, 2.75) is 23.8 Å². The molecule has 98 valence electrons. The number of fused-ring (bicyclic) bond motifs is 1. The smallest absolute Gasteiger partial charge is 0.115 e. The van der Waals surface area contributed by atoms with Gasteiger partial charge in [0.1, 0.15) is 5.75 Å². The molecule has 2 N–H and O–H groups in total. The van der Waals surface area contributed by atoms with Gasteiger partial charge in [-0.25, -0.2) is 0 Å². The number of para-hydroxylation sites is 1. The van der Waals surface area contributed by atoms with Crippen LogP contribution in [-0.4, -0.2) is 11.4 Å². The molecule has 2 nitrogen and oxygen atoms in total. The van der Waals surface area contributed by atoms with Crippen LogP contribution in [0.15, 0.2) is 47.4 Å². The second kappa shape index (κ2) is 5.17. The molecule has 0 heterocycles. The topological polar surface area (TPSA) is 32.3 Å². The summed E-state index contributed by atoms with van der Waals surface area (Å²) in [7, 11) is 0. The molecule has 1 aliphatic carbocycles. The predicted octanol–water partition coefficient (Wildman–Crippen LogP) is 4.21. The Kier molecular flexibility index (Phi) is 3.38. The van der Waals surface area contributed by atoms with Gasteiger partial charge in [0.15, 0.2) is 0 Å². The zero-order valence-electron chi connectivity index (χ0n) is 10.9. The molecule has 0 aromatic heterocycles. The zero-order chi connectivity index (χ0) is 13.2. The van der Waals surface area contributed by atoms with Crippen LogP contribution in [-0.2, 0) is 6.42 Å². The lowest BCUT2D eigenvalue weighted by atomic mass is 10.1. The molecule has 3 rings (SSSR count). The summed E-state index contributed by atoms with van der Waals surface area (Å²) in [6, 6.07) is 14.5. The third-order valence-electron chi connectivity index (χ3n) is 3.64. The van der Waals surface area contributed by atoms with Crippen molar-refractivity contribution in [2.24, 2.45) is 0 Å². The van der Waals surface area contributed by atoms with Gasteiger partial charge < -0.3 is 10.4 Å². The van der Waals surface area contributed by atoms with Gasteiger partial charge in [0, 0.05) is 10.6 Å². The van der Waals surface area contributed by atoms with Crippen LogP contribution in [0.5, 0.6) is 5.75 Å². The molecule has 2 aromatic carbocycles. The lowest BCUT2D eigenvalue weighted by Gasteiger charge is -2.17. The fraction of sp³-hybridized carbons (Fsp3) is 0.250. The molecule has 0 saturated heterocycles. The van der Waals surface area contributed by atoms with Crippen molar-refractivity contribution >= 4 is 17.4 Å². The number of aromatic hydroxyl groups is 1. The minimum Gasteiger partial charge on any atom is -0.508 e. The van der Waals surface area contributed by atoms with Gasteiger partial charge in [-0.2, -0.15) is 0 Å². The van der Waals surface area contributed by atoms with E-state index in [1.807, 2.05) is 12.1 Å². The summed E-state index contributed by atoms with van der Waals surface area (Å²) in [5, 5.41) is 13.2. The summed E-state index contributed by atoms with van der Waals surface area (Å²) in [6.07, 6.45) is 4.21. The first-order chi connectivity index (χ1) is 9.28. The SMILES string of the molecule is CSc1ccccc1NC1CCc2cc(O)ccc21. The van der Waals surface area contributed by atoms with Gasteiger partial charge >= 0.3 is 0 Å². The van der Waals surface area contributed by atoms with Crippen LogP contribution in [0.2, 0.25) is 0 Å². The number of phenolic OH excluding ortho intramolecular Hbond substituents is 1. The van der Waals surface area contributed by atoms with E-state index >= 15 is 0 Å². The molecule has 0 bridgehead atoms. The van der Waals surface area contributed by atoms with E-state index in [1.54, 1.807) is 17.8 Å². The molecule has 2 aromatic rings. The minimum atomic E-state index is 0.351. The van der Waals surface area contributed by atoms with Gasteiger partial charge in [-0.05, 0) is 54.5 Å². The van der Waals surface area contributed by atoms with Crippen LogP contribution in [0, 0.1) is 0 Å². The maximum Gasteiger partial charge on any atom is 0.115 e. The molecule has 0 fully saturated rings. The largest absolute Gasteiger partial charge is 0.508 e. The summed E-state index contributed by atoms with van der Waals surface area (Å²) >= 11 is 1.76. The number of benzene rings is 2. The molecular weight excluding hydrogens is 254 g/mol. The molecule has 1 unspecified atom stereocenters. The molecule has 1 atom stereocenters. The minimum absolute atomic E-state index is 0.351. The average Bonchev–Trinajstić information content (AvgIpc) is 2.82. The van der Waals surface area contributed by atoms with Gasteiger partial charge in [0.25, 0.3) is 0 Å². The normalized spacial score (nSPS) is 17.2. The molecule has 3 heteroatoms. The van der Waals surface area contributed by atoms with Crippen molar-refractivity contribution < 1.29 is 5.11 Å². The van der Waals surface area contributed by atoms with Crippen molar-refractivity contribution in [3.63, 3.8) is 0 Å². The maximum atomic E-state index is 9.53. The third-order valence-corrected chi connectivity index (χ3v) is 4.44. The molecule has 1 aliphatic rings. The van der Waals surface area contributed by atoms with Gasteiger partial charge in [-0.1, -0.05) is 18.2 Å². The Morgan fingerprint density at radius 2 is 2.05 bits per heavy atom. The third kappa shape index (κ3) is 2.43. The number of thioether (sulfide) groups is 1. The summed E-state index contributed by atoms with van der Waals surface area (Å²) in [5.41, 5.74) is 3.77. The second-order valence-electron chi connectivity index (χ2n) is 4.82. The van der Waals surface area contributed by atoms with Crippen LogP contribution in [0.1, 0.15) is 23.6 Å². The van der Waals surface area contributed by atoms with Crippen molar-refractivity contribution in [3.05, 3.63) is 53.6 Å². The average molecular weight is 271 g/mol. The molecule has 0 radical (unpaired) electrons. The lowest BCUT2D eigenvalue weighted by molar-refractivity contribution is 0.474. The van der Waals surface area contributed by atoms with E-state index in [2.05, 4.69) is 35.8 Å². The number of hydrogen-bond acceptors (Lipinski definition) is 3. The van der Waals surface area contributed by atoms with Gasteiger partial charge in [-0.3, -0.25) is 0 Å². The Labute approximate surface area is 117 Å². The first-order valence-electron chi connectivity index (χ1n) is 6.49. The van der Waals surface area contributed by atoms with E-state index < -0.39 is 0 Å². The van der Waals surface area contributed by atoms with Crippen LogP contribution in [0.25, 0.3) is 0 Å². The van der Waals surface area contributed by atoms with E-state index in [0.717, 1.165) is 12.8 Å². The maximum absolute atomic E-state index is 9.53. The predicted molar refractivity (Wildman–Crippen MR) is 81.0 cm³/mol. The Hall–Kier alpha value is -1.61. The van der Waals surface area contributed by atoms with Crippen LogP contribution < -0.4 is 5.32 Å². The first kappa shape index (κ1) is 12.4. The quantitative estimate of drug-likeness (QED) is 0.820. The highest BCUT2D eigenvalue weighted by Crippen LogP contribution is 2.37. The van der Waals surface area contributed by atoms with E-state index in [9.17, 15) is 5.11 Å². The van der Waals surface area contributed by atoms with E-state index in [0.29, 0.717) is 11.8 Å². The zero-order valence-corrected chi connectivity index (χ0v) is 11.7. The fourth-order valence-corrected chi connectivity index (χ4v) is 3.27. The van der Waals surface area contributed by atoms with Gasteiger partial charge in [0.05, 0.1) is 6.04 Å². The number of aryl methyl sites for hydroxylation is 1. The molecule has 0 saturated carbocycles. The molecule has 0 aliphatic heterocycles. The van der Waals surface area contributed by atoms with Crippen LogP contribution in [0.3, 0.4) is 0 Å². The van der Waals surface area contributed by atoms with Crippen LogP contribution >= 0.6 is 11.8 Å². The summed E-state index contributed by atoms with van der Waals surface area (Å²) in [4.78, 5) is 1.27. The van der Waals surface area contributed by atoms with Crippen molar-refractivity contribution in [2.75, 3.05) is 11.6 Å². The Balaban J connectivity index is 1.87. The number of nitrogens with one attached hydrogen (secondary N) is 1. The number of phenols is 1. The fourth-order valence-electron chi connectivity index (χ4n) is 2.71. The Morgan fingerprint density at radius 3 is 2.89 bits per heavy atom. The van der Waals surface area contributed by atoms with Crippen LogP contribution in [0.4, 0.5) is 5.69 Å². The van der Waals surface area contributed by atoms with Crippen molar-refractivity contribution in [3.8, 4) is 5.75 Å². The Bertz CT molecular complexity index is 597. The molecular formula is C16H17NOS. The summed E-state index contributed by atoms with van der Waals surface area (Å²) in [6.45, 7) is 0. The summed E-state index contributed by atoms with van der Waals surface area (Å²) < 4.78 is 0. The van der Waals surface area contributed by atoms with E-state index in [-0.39, 0.29) is 0 Å². The van der Waals surface area contributed by atoms with Crippen molar-refractivity contribution in [1.82, 2.24) is 0 Å². The molecule has 0 amide bonds. The van der Waals surface area contributed by atoms with Gasteiger partial charge in [0.2, 0.25) is 0 Å². The number of anilines is 1. The van der Waals surface area contributed by atoms with E-state index in [1.165, 1.54) is 21.7 Å². The highest BCUT2D eigenvalue weighted by atomic mass is 32.2. The number of hydrogen-bond donors (Lipinski definition) is 2. The van der Waals surface area contributed by atoms with E-state index in [4.69, 9.17) is 0 Å². The second-order valence-corrected chi connectivity index (χ2v) is 5.67. The Morgan fingerprint density at radius 1 is 1.21 bits per heavy atom. The highest BCUT2D eigenvalue weighted by Gasteiger charge is 2.22. The first-order valence-corrected chi connectivity index (χ1v) is 7.72. The monoisotopic (exact) mass is 271 g/mol.